The van der Waals surface area contributed by atoms with Crippen LogP contribution in [-0.4, -0.2) is 63.4 Å². The highest BCUT2D eigenvalue weighted by atomic mass is 16.4. The van der Waals surface area contributed by atoms with E-state index in [-0.39, 0.29) is 6.54 Å². The van der Waals surface area contributed by atoms with Crippen LogP contribution in [-0.2, 0) is 16.1 Å². The van der Waals surface area contributed by atoms with E-state index < -0.39 is 30.4 Å². The summed E-state index contributed by atoms with van der Waals surface area (Å²) in [4.78, 5) is 35.8. The molecule has 3 amide bonds. The quantitative estimate of drug-likeness (QED) is 0.635. The van der Waals surface area contributed by atoms with Crippen molar-refractivity contribution in [2.75, 3.05) is 19.6 Å². The Hall–Kier alpha value is -2.58. The minimum Gasteiger partial charge on any atom is -0.481 e. The molecule has 3 N–H and O–H groups in total. The first kappa shape index (κ1) is 14.8. The van der Waals surface area contributed by atoms with Crippen molar-refractivity contribution in [3.8, 4) is 0 Å². The first-order chi connectivity index (χ1) is 10.1. The molecule has 1 aromatic rings. The van der Waals surface area contributed by atoms with Gasteiger partial charge in [0.25, 0.3) is 0 Å². The van der Waals surface area contributed by atoms with Crippen LogP contribution in [0.5, 0.6) is 0 Å². The lowest BCUT2D eigenvalue weighted by Gasteiger charge is -2.34. The van der Waals surface area contributed by atoms with E-state index in [2.05, 4.69) is 15.7 Å². The number of aliphatic carboxylic acids is 1. The van der Waals surface area contributed by atoms with E-state index in [1.54, 1.807) is 23.1 Å². The smallest absolute Gasteiger partial charge is 0.318 e. The number of urea groups is 1. The topological polar surface area (TPSA) is 117 Å². The lowest BCUT2D eigenvalue weighted by molar-refractivity contribution is -0.142. The van der Waals surface area contributed by atoms with Crippen molar-refractivity contribution in [1.82, 2.24) is 25.3 Å². The maximum atomic E-state index is 12.1. The SMILES string of the molecule is O=C(O)CC1C(=O)NCCN1C(=O)NCCn1cccn1. The van der Waals surface area contributed by atoms with E-state index in [0.29, 0.717) is 19.6 Å². The van der Waals surface area contributed by atoms with Gasteiger partial charge in [-0.05, 0) is 6.07 Å². The summed E-state index contributed by atoms with van der Waals surface area (Å²) in [5, 5.41) is 18.1. The second-order valence-corrected chi connectivity index (χ2v) is 4.60. The molecule has 2 rings (SSSR count). The second-order valence-electron chi connectivity index (χ2n) is 4.60. The van der Waals surface area contributed by atoms with E-state index in [1.807, 2.05) is 0 Å². The van der Waals surface area contributed by atoms with Crippen LogP contribution in [0.4, 0.5) is 4.79 Å². The number of carbonyl (C=O) groups excluding carboxylic acids is 2. The molecule has 1 aliphatic heterocycles. The predicted molar refractivity (Wildman–Crippen MR) is 71.4 cm³/mol. The number of carboxylic acids is 1. The summed E-state index contributed by atoms with van der Waals surface area (Å²) < 4.78 is 1.66. The van der Waals surface area contributed by atoms with Gasteiger partial charge in [0.05, 0.1) is 13.0 Å². The van der Waals surface area contributed by atoms with Crippen LogP contribution < -0.4 is 10.6 Å². The molecule has 114 valence electrons. The maximum absolute atomic E-state index is 12.1. The van der Waals surface area contributed by atoms with Crippen molar-refractivity contribution in [2.24, 2.45) is 0 Å². The molecule has 0 bridgehead atoms. The van der Waals surface area contributed by atoms with Crippen LogP contribution in [0.3, 0.4) is 0 Å². The molecule has 0 aliphatic carbocycles. The standard InChI is InChI=1S/C12H17N5O4/c18-10(19)8-9-11(20)13-4-7-17(9)12(21)14-3-6-16-5-1-2-15-16/h1-2,5,9H,3-4,6-8H2,(H,13,20)(H,14,21)(H,18,19). The van der Waals surface area contributed by atoms with Crippen LogP contribution in [0, 0.1) is 0 Å². The Labute approximate surface area is 120 Å². The Morgan fingerprint density at radius 1 is 1.52 bits per heavy atom. The fourth-order valence-corrected chi connectivity index (χ4v) is 2.14. The molecule has 1 aliphatic rings. The lowest BCUT2D eigenvalue weighted by Crippen LogP contribution is -2.60. The molecule has 0 spiro atoms. The number of carbonyl (C=O) groups is 3. The first-order valence-corrected chi connectivity index (χ1v) is 6.59. The molecular formula is C12H17N5O4. The van der Waals surface area contributed by atoms with Crippen LogP contribution in [0.15, 0.2) is 18.5 Å². The van der Waals surface area contributed by atoms with Crippen molar-refractivity contribution in [2.45, 2.75) is 19.0 Å². The van der Waals surface area contributed by atoms with Crippen molar-refractivity contribution in [1.29, 1.82) is 0 Å². The monoisotopic (exact) mass is 295 g/mol. The average molecular weight is 295 g/mol. The summed E-state index contributed by atoms with van der Waals surface area (Å²) in [6.07, 6.45) is 3.01. The van der Waals surface area contributed by atoms with Gasteiger partial charge in [0.1, 0.15) is 6.04 Å². The zero-order valence-electron chi connectivity index (χ0n) is 11.4. The van der Waals surface area contributed by atoms with Gasteiger partial charge in [-0.1, -0.05) is 0 Å². The summed E-state index contributed by atoms with van der Waals surface area (Å²) in [5.41, 5.74) is 0. The summed E-state index contributed by atoms with van der Waals surface area (Å²) in [6, 6.07) is 0.365. The lowest BCUT2D eigenvalue weighted by atomic mass is 10.1. The van der Waals surface area contributed by atoms with Crippen molar-refractivity contribution in [3.05, 3.63) is 18.5 Å². The number of nitrogens with zero attached hydrogens (tertiary/aromatic N) is 3. The second kappa shape index (κ2) is 6.73. The van der Waals surface area contributed by atoms with E-state index in [1.165, 1.54) is 4.90 Å². The molecule has 1 unspecified atom stereocenters. The number of piperazine rings is 1. The minimum atomic E-state index is -1.12. The van der Waals surface area contributed by atoms with Gasteiger partial charge in [0.2, 0.25) is 5.91 Å². The minimum absolute atomic E-state index is 0.289. The van der Waals surface area contributed by atoms with Crippen LogP contribution in [0.25, 0.3) is 0 Å². The van der Waals surface area contributed by atoms with Crippen molar-refractivity contribution in [3.63, 3.8) is 0 Å². The number of hydrogen-bond donors (Lipinski definition) is 3. The molecule has 2 heterocycles. The molecule has 1 fully saturated rings. The molecule has 1 aromatic heterocycles. The van der Waals surface area contributed by atoms with Gasteiger partial charge < -0.3 is 20.6 Å². The third-order valence-corrected chi connectivity index (χ3v) is 3.14. The van der Waals surface area contributed by atoms with Gasteiger partial charge in [-0.25, -0.2) is 4.79 Å². The molecule has 1 atom stereocenters. The van der Waals surface area contributed by atoms with Crippen LogP contribution >= 0.6 is 0 Å². The highest BCUT2D eigenvalue weighted by Crippen LogP contribution is 2.09. The highest BCUT2D eigenvalue weighted by molar-refractivity contribution is 5.91. The highest BCUT2D eigenvalue weighted by Gasteiger charge is 2.34. The predicted octanol–water partition coefficient (Wildman–Crippen LogP) is -1.13. The summed E-state index contributed by atoms with van der Waals surface area (Å²) >= 11 is 0. The molecule has 1 saturated heterocycles. The number of carboxylic acid groups (broad SMARTS) is 1. The van der Waals surface area contributed by atoms with Crippen LogP contribution in [0.2, 0.25) is 0 Å². The Kier molecular flexibility index (Phi) is 4.75. The van der Waals surface area contributed by atoms with Gasteiger partial charge in [-0.2, -0.15) is 5.10 Å². The maximum Gasteiger partial charge on any atom is 0.318 e. The molecule has 0 saturated carbocycles. The molecule has 21 heavy (non-hydrogen) atoms. The van der Waals surface area contributed by atoms with Crippen LogP contribution in [0.1, 0.15) is 6.42 Å². The summed E-state index contributed by atoms with van der Waals surface area (Å²) in [7, 11) is 0. The molecular weight excluding hydrogens is 278 g/mol. The number of hydrogen-bond acceptors (Lipinski definition) is 4. The van der Waals surface area contributed by atoms with Gasteiger partial charge in [0, 0.05) is 32.0 Å². The molecule has 0 radical (unpaired) electrons. The van der Waals surface area contributed by atoms with E-state index in [0.717, 1.165) is 0 Å². The summed E-state index contributed by atoms with van der Waals surface area (Å²) in [6.45, 7) is 1.46. The fourth-order valence-electron chi connectivity index (χ4n) is 2.14. The third-order valence-electron chi connectivity index (χ3n) is 3.14. The Morgan fingerprint density at radius 3 is 3.00 bits per heavy atom. The first-order valence-electron chi connectivity index (χ1n) is 6.59. The van der Waals surface area contributed by atoms with E-state index in [4.69, 9.17) is 5.11 Å². The zero-order chi connectivity index (χ0) is 15.2. The van der Waals surface area contributed by atoms with E-state index in [9.17, 15) is 14.4 Å². The number of rotatable bonds is 5. The average Bonchev–Trinajstić information content (AvgIpc) is 2.93. The third kappa shape index (κ3) is 3.94. The molecule has 0 aromatic carbocycles. The Morgan fingerprint density at radius 2 is 2.33 bits per heavy atom. The number of aromatic nitrogens is 2. The van der Waals surface area contributed by atoms with Crippen molar-refractivity contribution < 1.29 is 19.5 Å². The van der Waals surface area contributed by atoms with Gasteiger partial charge in [0.15, 0.2) is 0 Å². The van der Waals surface area contributed by atoms with E-state index >= 15 is 0 Å². The largest absolute Gasteiger partial charge is 0.481 e. The summed E-state index contributed by atoms with van der Waals surface area (Å²) in [5.74, 6) is -1.56. The van der Waals surface area contributed by atoms with Gasteiger partial charge in [-0.3, -0.25) is 14.3 Å². The fraction of sp³-hybridized carbons (Fsp3) is 0.500. The number of amides is 3. The van der Waals surface area contributed by atoms with Gasteiger partial charge >= 0.3 is 12.0 Å². The zero-order valence-corrected chi connectivity index (χ0v) is 11.4. The van der Waals surface area contributed by atoms with Crippen molar-refractivity contribution >= 4 is 17.9 Å². The Bertz CT molecular complexity index is 516. The van der Waals surface area contributed by atoms with Gasteiger partial charge in [-0.15, -0.1) is 0 Å². The normalized spacial score (nSPS) is 18.2. The Balaban J connectivity index is 1.88. The molecule has 9 nitrogen and oxygen atoms in total. The molecule has 9 heteroatoms. The number of nitrogens with one attached hydrogen (secondary N) is 2.